The van der Waals surface area contributed by atoms with E-state index in [4.69, 9.17) is 5.73 Å². The molecule has 0 unspecified atom stereocenters. The molecule has 114 valence electrons. The molecule has 0 bridgehead atoms. The molecule has 1 aliphatic rings. The van der Waals surface area contributed by atoms with Gasteiger partial charge in [-0.1, -0.05) is 0 Å². The predicted molar refractivity (Wildman–Crippen MR) is 78.1 cm³/mol. The minimum atomic E-state index is -0.482. The third kappa shape index (κ3) is 3.51. The monoisotopic (exact) mass is 293 g/mol. The van der Waals surface area contributed by atoms with Crippen LogP contribution < -0.4 is 11.1 Å². The Hall–Kier alpha value is -2.11. The van der Waals surface area contributed by atoms with Crippen LogP contribution in [0.3, 0.4) is 0 Å². The maximum absolute atomic E-state index is 13.2. The molecule has 2 amide bonds. The Morgan fingerprint density at radius 1 is 1.38 bits per heavy atom. The van der Waals surface area contributed by atoms with Crippen molar-refractivity contribution < 1.29 is 14.0 Å². The second kappa shape index (κ2) is 6.56. The highest BCUT2D eigenvalue weighted by Crippen LogP contribution is 2.22. The quantitative estimate of drug-likeness (QED) is 0.827. The van der Waals surface area contributed by atoms with E-state index in [2.05, 4.69) is 5.32 Å². The molecule has 1 fully saturated rings. The first kappa shape index (κ1) is 15.3. The van der Waals surface area contributed by atoms with Crippen molar-refractivity contribution in [1.82, 2.24) is 10.2 Å². The van der Waals surface area contributed by atoms with Crippen molar-refractivity contribution >= 4 is 17.5 Å². The van der Waals surface area contributed by atoms with Crippen LogP contribution >= 0.6 is 0 Å². The van der Waals surface area contributed by atoms with Crippen LogP contribution in [0, 0.1) is 11.7 Å². The summed E-state index contributed by atoms with van der Waals surface area (Å²) in [5.74, 6) is -0.778. The summed E-state index contributed by atoms with van der Waals surface area (Å²) in [6.45, 7) is 3.45. The molecule has 1 heterocycles. The fourth-order valence-electron chi connectivity index (χ4n) is 2.55. The molecule has 0 radical (unpaired) electrons. The standard InChI is InChI=1S/C15H20FN3O2/c1-2-18-14(20)10-5-7-19(8-6-10)15(21)12-9-11(16)3-4-13(12)17/h3-4,9-10H,2,5-8,17H2,1H3,(H,18,20). The molecule has 5 nitrogen and oxygen atoms in total. The largest absolute Gasteiger partial charge is 0.398 e. The van der Waals surface area contributed by atoms with E-state index < -0.39 is 5.82 Å². The SMILES string of the molecule is CCNC(=O)C1CCN(C(=O)c2cc(F)ccc2N)CC1. The van der Waals surface area contributed by atoms with E-state index in [-0.39, 0.29) is 29.0 Å². The second-order valence-electron chi connectivity index (χ2n) is 5.19. The van der Waals surface area contributed by atoms with Gasteiger partial charge in [0.25, 0.3) is 5.91 Å². The molecule has 1 saturated heterocycles. The van der Waals surface area contributed by atoms with Gasteiger partial charge in [-0.25, -0.2) is 4.39 Å². The number of hydrogen-bond acceptors (Lipinski definition) is 3. The smallest absolute Gasteiger partial charge is 0.256 e. The van der Waals surface area contributed by atoms with Crippen LogP contribution in [-0.2, 0) is 4.79 Å². The number of benzene rings is 1. The fourth-order valence-corrected chi connectivity index (χ4v) is 2.55. The third-order valence-electron chi connectivity index (χ3n) is 3.75. The third-order valence-corrected chi connectivity index (χ3v) is 3.75. The van der Waals surface area contributed by atoms with Gasteiger partial charge in [0.2, 0.25) is 5.91 Å². The van der Waals surface area contributed by atoms with E-state index in [0.29, 0.717) is 32.5 Å². The molecule has 6 heteroatoms. The highest BCUT2D eigenvalue weighted by Gasteiger charge is 2.28. The van der Waals surface area contributed by atoms with Crippen LogP contribution in [0.15, 0.2) is 18.2 Å². The fraction of sp³-hybridized carbons (Fsp3) is 0.467. The van der Waals surface area contributed by atoms with Crippen molar-refractivity contribution in [2.24, 2.45) is 5.92 Å². The predicted octanol–water partition coefficient (Wildman–Crippen LogP) is 1.40. The molecular formula is C15H20FN3O2. The maximum Gasteiger partial charge on any atom is 0.256 e. The maximum atomic E-state index is 13.2. The molecule has 21 heavy (non-hydrogen) atoms. The summed E-state index contributed by atoms with van der Waals surface area (Å²) in [5.41, 5.74) is 6.19. The average molecular weight is 293 g/mol. The van der Waals surface area contributed by atoms with Crippen LogP contribution in [-0.4, -0.2) is 36.3 Å². The summed E-state index contributed by atoms with van der Waals surface area (Å²) in [4.78, 5) is 25.7. The zero-order valence-corrected chi connectivity index (χ0v) is 12.1. The van der Waals surface area contributed by atoms with E-state index >= 15 is 0 Å². The summed E-state index contributed by atoms with van der Waals surface area (Å²) in [6.07, 6.45) is 1.24. The van der Waals surface area contributed by atoms with Crippen LogP contribution in [0.25, 0.3) is 0 Å². The van der Waals surface area contributed by atoms with Gasteiger partial charge in [0.1, 0.15) is 5.82 Å². The van der Waals surface area contributed by atoms with Crippen LogP contribution in [0.1, 0.15) is 30.1 Å². The Bertz CT molecular complexity index is 540. The lowest BCUT2D eigenvalue weighted by atomic mass is 9.95. The average Bonchev–Trinajstić information content (AvgIpc) is 2.49. The highest BCUT2D eigenvalue weighted by atomic mass is 19.1. The van der Waals surface area contributed by atoms with Gasteiger partial charge in [-0.05, 0) is 38.0 Å². The highest BCUT2D eigenvalue weighted by molar-refractivity contribution is 5.99. The number of nitrogens with one attached hydrogen (secondary N) is 1. The number of carbonyl (C=O) groups excluding carboxylic acids is 2. The van der Waals surface area contributed by atoms with Crippen molar-refractivity contribution in [2.75, 3.05) is 25.4 Å². The van der Waals surface area contributed by atoms with Gasteiger partial charge in [-0.2, -0.15) is 0 Å². The summed E-state index contributed by atoms with van der Waals surface area (Å²) in [5, 5.41) is 2.80. The molecule has 0 spiro atoms. The summed E-state index contributed by atoms with van der Waals surface area (Å²) < 4.78 is 13.2. The normalized spacial score (nSPS) is 15.8. The number of halogens is 1. The number of nitrogens with zero attached hydrogens (tertiary/aromatic N) is 1. The molecule has 0 saturated carbocycles. The van der Waals surface area contributed by atoms with Crippen LogP contribution in [0.5, 0.6) is 0 Å². The molecule has 3 N–H and O–H groups in total. The Labute approximate surface area is 123 Å². The van der Waals surface area contributed by atoms with Gasteiger partial charge in [0, 0.05) is 31.2 Å². The first-order valence-electron chi connectivity index (χ1n) is 7.15. The molecule has 0 atom stereocenters. The zero-order valence-electron chi connectivity index (χ0n) is 12.1. The van der Waals surface area contributed by atoms with Crippen molar-refractivity contribution in [3.63, 3.8) is 0 Å². The summed E-state index contributed by atoms with van der Waals surface area (Å²) >= 11 is 0. The van der Waals surface area contributed by atoms with E-state index in [1.54, 1.807) is 4.90 Å². The van der Waals surface area contributed by atoms with Gasteiger partial charge in [-0.15, -0.1) is 0 Å². The number of amides is 2. The molecule has 1 aliphatic heterocycles. The van der Waals surface area contributed by atoms with Crippen LogP contribution in [0.2, 0.25) is 0 Å². The lowest BCUT2D eigenvalue weighted by Gasteiger charge is -2.31. The summed E-state index contributed by atoms with van der Waals surface area (Å²) in [7, 11) is 0. The number of anilines is 1. The molecule has 0 aromatic heterocycles. The topological polar surface area (TPSA) is 75.4 Å². The molecule has 1 aromatic carbocycles. The Balaban J connectivity index is 2.00. The number of piperidine rings is 1. The number of hydrogen-bond donors (Lipinski definition) is 2. The molecule has 2 rings (SSSR count). The lowest BCUT2D eigenvalue weighted by Crippen LogP contribution is -2.43. The number of nitrogens with two attached hydrogens (primary N) is 1. The molecular weight excluding hydrogens is 273 g/mol. The first-order valence-corrected chi connectivity index (χ1v) is 7.15. The van der Waals surface area contributed by atoms with Crippen LogP contribution in [0.4, 0.5) is 10.1 Å². The van der Waals surface area contributed by atoms with E-state index in [1.165, 1.54) is 12.1 Å². The minimum absolute atomic E-state index is 0.0369. The number of rotatable bonds is 3. The Kier molecular flexibility index (Phi) is 4.77. The lowest BCUT2D eigenvalue weighted by molar-refractivity contribution is -0.126. The second-order valence-corrected chi connectivity index (χ2v) is 5.19. The number of likely N-dealkylation sites (tertiary alicyclic amines) is 1. The Morgan fingerprint density at radius 2 is 2.05 bits per heavy atom. The van der Waals surface area contributed by atoms with Gasteiger partial charge >= 0.3 is 0 Å². The van der Waals surface area contributed by atoms with E-state index in [9.17, 15) is 14.0 Å². The minimum Gasteiger partial charge on any atom is -0.398 e. The van der Waals surface area contributed by atoms with E-state index in [0.717, 1.165) is 6.07 Å². The van der Waals surface area contributed by atoms with Gasteiger partial charge < -0.3 is 16.0 Å². The van der Waals surface area contributed by atoms with Gasteiger partial charge in [0.05, 0.1) is 5.56 Å². The van der Waals surface area contributed by atoms with Crippen molar-refractivity contribution in [3.8, 4) is 0 Å². The van der Waals surface area contributed by atoms with E-state index in [1.807, 2.05) is 6.92 Å². The van der Waals surface area contributed by atoms with Gasteiger partial charge in [-0.3, -0.25) is 9.59 Å². The number of carbonyl (C=O) groups is 2. The van der Waals surface area contributed by atoms with Crippen molar-refractivity contribution in [3.05, 3.63) is 29.6 Å². The Morgan fingerprint density at radius 3 is 2.67 bits per heavy atom. The number of nitrogen functional groups attached to an aromatic ring is 1. The zero-order chi connectivity index (χ0) is 15.4. The van der Waals surface area contributed by atoms with Crippen molar-refractivity contribution in [1.29, 1.82) is 0 Å². The van der Waals surface area contributed by atoms with Gasteiger partial charge in [0.15, 0.2) is 0 Å². The summed E-state index contributed by atoms with van der Waals surface area (Å²) in [6, 6.07) is 3.78. The van der Waals surface area contributed by atoms with Crippen molar-refractivity contribution in [2.45, 2.75) is 19.8 Å². The first-order chi connectivity index (χ1) is 10.0. The molecule has 0 aliphatic carbocycles. The molecule has 1 aromatic rings.